The van der Waals surface area contributed by atoms with Crippen LogP contribution in [0.25, 0.3) is 0 Å². The van der Waals surface area contributed by atoms with Gasteiger partial charge in [-0.15, -0.1) is 0 Å². The van der Waals surface area contributed by atoms with Crippen molar-refractivity contribution < 1.29 is 39.2 Å². The fourth-order valence-electron chi connectivity index (χ4n) is 2.37. The summed E-state index contributed by atoms with van der Waals surface area (Å²) in [5.74, 6) is -5.72. The van der Waals surface area contributed by atoms with Crippen LogP contribution in [-0.2, 0) is 23.9 Å². The number of rotatable bonds is 8. The van der Waals surface area contributed by atoms with Crippen molar-refractivity contribution in [2.75, 3.05) is 13.2 Å². The number of carbonyl (C=O) groups is 3. The van der Waals surface area contributed by atoms with Gasteiger partial charge in [-0.1, -0.05) is 5.57 Å². The third-order valence-corrected chi connectivity index (χ3v) is 3.70. The number of hydrogen-bond donors (Lipinski definition) is 3. The van der Waals surface area contributed by atoms with Gasteiger partial charge in [-0.2, -0.15) is 0 Å². The predicted octanol–water partition coefficient (Wildman–Crippen LogP) is 0.121. The minimum atomic E-state index is -2.98. The van der Waals surface area contributed by atoms with E-state index < -0.39 is 23.3 Å². The van der Waals surface area contributed by atoms with Crippen molar-refractivity contribution >= 4 is 17.9 Å². The monoisotopic (exact) mass is 300 g/mol. The number of ether oxygens (including phenoxy) is 2. The Bertz CT molecular complexity index is 476. The van der Waals surface area contributed by atoms with Gasteiger partial charge < -0.3 is 24.8 Å². The van der Waals surface area contributed by atoms with Gasteiger partial charge in [0.05, 0.1) is 25.4 Å². The second kappa shape index (κ2) is 5.45. The molecule has 0 aliphatic carbocycles. The summed E-state index contributed by atoms with van der Waals surface area (Å²) in [5.41, 5.74) is -2.70. The van der Waals surface area contributed by atoms with Gasteiger partial charge in [0.15, 0.2) is 0 Å². The average Bonchev–Trinajstić information content (AvgIpc) is 3.21. The number of carboxylic acids is 3. The summed E-state index contributed by atoms with van der Waals surface area (Å²) in [6.07, 6.45) is -0.136. The molecule has 2 atom stereocenters. The zero-order valence-corrected chi connectivity index (χ0v) is 11.4. The molecule has 0 aromatic rings. The Morgan fingerprint density at radius 2 is 1.33 bits per heavy atom. The van der Waals surface area contributed by atoms with Crippen molar-refractivity contribution in [2.24, 2.45) is 5.41 Å². The smallest absolute Gasteiger partial charge is 0.337 e. The van der Waals surface area contributed by atoms with Gasteiger partial charge in [0.2, 0.25) is 0 Å². The van der Waals surface area contributed by atoms with E-state index >= 15 is 0 Å². The highest BCUT2D eigenvalue weighted by Crippen LogP contribution is 2.39. The maximum atomic E-state index is 11.5. The van der Waals surface area contributed by atoms with Crippen LogP contribution in [0.2, 0.25) is 0 Å². The lowest BCUT2D eigenvalue weighted by Gasteiger charge is -2.25. The summed E-state index contributed by atoms with van der Waals surface area (Å²) in [6, 6.07) is 0. The fraction of sp³-hybridized carbons (Fsp3) is 0.615. The molecule has 8 nitrogen and oxygen atoms in total. The largest absolute Gasteiger partial charge is 0.480 e. The second-order valence-corrected chi connectivity index (χ2v) is 5.24. The third kappa shape index (κ3) is 2.91. The first-order valence-electron chi connectivity index (χ1n) is 6.42. The quantitative estimate of drug-likeness (QED) is 0.326. The normalized spacial score (nSPS) is 25.0. The summed E-state index contributed by atoms with van der Waals surface area (Å²) in [4.78, 5) is 34.5. The molecule has 0 amide bonds. The van der Waals surface area contributed by atoms with Crippen LogP contribution in [0.1, 0.15) is 19.8 Å². The van der Waals surface area contributed by atoms with Gasteiger partial charge in [0, 0.05) is 0 Å². The van der Waals surface area contributed by atoms with Gasteiger partial charge in [-0.3, -0.25) is 0 Å². The number of aliphatic carboxylic acids is 3. The van der Waals surface area contributed by atoms with Gasteiger partial charge in [0.1, 0.15) is 0 Å². The molecule has 3 N–H and O–H groups in total. The topological polar surface area (TPSA) is 137 Å². The molecule has 0 radical (unpaired) electrons. The van der Waals surface area contributed by atoms with Crippen molar-refractivity contribution in [2.45, 2.75) is 32.0 Å². The lowest BCUT2D eigenvalue weighted by atomic mass is 9.75. The summed E-state index contributed by atoms with van der Waals surface area (Å²) >= 11 is 0. The minimum absolute atomic E-state index is 0.0244. The molecule has 2 fully saturated rings. The van der Waals surface area contributed by atoms with E-state index in [-0.39, 0.29) is 24.2 Å². The number of carboxylic acid groups (broad SMARTS) is 3. The van der Waals surface area contributed by atoms with E-state index in [2.05, 4.69) is 0 Å². The molecule has 116 valence electrons. The zero-order chi connectivity index (χ0) is 15.8. The molecular weight excluding hydrogens is 284 g/mol. The van der Waals surface area contributed by atoms with E-state index in [1.807, 2.05) is 0 Å². The van der Waals surface area contributed by atoms with Crippen molar-refractivity contribution in [1.29, 1.82) is 0 Å². The van der Waals surface area contributed by atoms with Crippen molar-refractivity contribution in [3.8, 4) is 0 Å². The zero-order valence-electron chi connectivity index (χ0n) is 11.4. The first-order valence-corrected chi connectivity index (χ1v) is 6.42. The lowest BCUT2D eigenvalue weighted by molar-refractivity contribution is -0.172. The van der Waals surface area contributed by atoms with Crippen LogP contribution in [0, 0.1) is 5.41 Å². The summed E-state index contributed by atoms with van der Waals surface area (Å²) in [5, 5.41) is 27.9. The van der Waals surface area contributed by atoms with Crippen LogP contribution in [0.4, 0.5) is 0 Å². The first-order chi connectivity index (χ1) is 9.80. The van der Waals surface area contributed by atoms with E-state index in [1.165, 1.54) is 0 Å². The molecule has 2 rings (SSSR count). The Kier molecular flexibility index (Phi) is 4.02. The maximum Gasteiger partial charge on any atom is 0.337 e. The fourth-order valence-corrected chi connectivity index (χ4v) is 2.37. The SMILES string of the molecule is CC(CC1CO1)=C(CC1CO1)C(C(=O)O)(C(=O)O)C(=O)O. The molecule has 0 bridgehead atoms. The van der Waals surface area contributed by atoms with Gasteiger partial charge in [-0.25, -0.2) is 14.4 Å². The van der Waals surface area contributed by atoms with Crippen molar-refractivity contribution in [1.82, 2.24) is 0 Å². The van der Waals surface area contributed by atoms with Crippen LogP contribution in [0.15, 0.2) is 11.1 Å². The minimum Gasteiger partial charge on any atom is -0.480 e. The van der Waals surface area contributed by atoms with Crippen LogP contribution < -0.4 is 0 Å². The molecule has 2 saturated heterocycles. The van der Waals surface area contributed by atoms with Crippen LogP contribution in [0.3, 0.4) is 0 Å². The number of epoxide rings is 2. The van der Waals surface area contributed by atoms with Crippen LogP contribution in [-0.4, -0.2) is 58.6 Å². The van der Waals surface area contributed by atoms with Crippen molar-refractivity contribution in [3.63, 3.8) is 0 Å². The lowest BCUT2D eigenvalue weighted by Crippen LogP contribution is -2.48. The Morgan fingerprint density at radius 3 is 1.67 bits per heavy atom. The summed E-state index contributed by atoms with van der Waals surface area (Å²) in [6.45, 7) is 2.42. The maximum absolute atomic E-state index is 11.5. The molecule has 0 aromatic carbocycles. The highest BCUT2D eigenvalue weighted by molar-refractivity contribution is 6.19. The average molecular weight is 300 g/mol. The van der Waals surface area contributed by atoms with Crippen molar-refractivity contribution in [3.05, 3.63) is 11.1 Å². The molecule has 2 aliphatic rings. The Balaban J connectivity index is 2.49. The Hall–Kier alpha value is -1.93. The highest BCUT2D eigenvalue weighted by atomic mass is 16.6. The van der Waals surface area contributed by atoms with E-state index in [0.717, 1.165) is 0 Å². The van der Waals surface area contributed by atoms with E-state index in [9.17, 15) is 29.7 Å². The molecule has 2 unspecified atom stereocenters. The molecular formula is C13H16O8. The molecule has 21 heavy (non-hydrogen) atoms. The predicted molar refractivity (Wildman–Crippen MR) is 66.8 cm³/mol. The molecule has 0 aromatic heterocycles. The Labute approximate surface area is 120 Å². The van der Waals surface area contributed by atoms with Crippen LogP contribution in [0.5, 0.6) is 0 Å². The number of hydrogen-bond acceptors (Lipinski definition) is 5. The molecule has 8 heteroatoms. The second-order valence-electron chi connectivity index (χ2n) is 5.24. The first kappa shape index (κ1) is 15.5. The van der Waals surface area contributed by atoms with E-state index in [4.69, 9.17) is 9.47 Å². The standard InChI is InChI=1S/C13H16O8/c1-6(2-7-4-20-7)9(3-8-5-21-8)13(10(14)15,11(16)17)12(18)19/h7-8H,2-5H2,1H3,(H,14,15)(H,16,17)(H,18,19). The molecule has 2 aliphatic heterocycles. The van der Waals surface area contributed by atoms with E-state index in [1.54, 1.807) is 6.92 Å². The molecule has 0 spiro atoms. The molecule has 2 heterocycles. The van der Waals surface area contributed by atoms with Crippen LogP contribution >= 0.6 is 0 Å². The van der Waals surface area contributed by atoms with Gasteiger partial charge in [-0.05, 0) is 25.3 Å². The summed E-state index contributed by atoms with van der Waals surface area (Å²) in [7, 11) is 0. The summed E-state index contributed by atoms with van der Waals surface area (Å²) < 4.78 is 10.0. The molecule has 0 saturated carbocycles. The Morgan fingerprint density at radius 1 is 0.952 bits per heavy atom. The van der Waals surface area contributed by atoms with Gasteiger partial charge in [0.25, 0.3) is 5.41 Å². The third-order valence-electron chi connectivity index (χ3n) is 3.70. The van der Waals surface area contributed by atoms with E-state index in [0.29, 0.717) is 25.2 Å². The highest BCUT2D eigenvalue weighted by Gasteiger charge is 2.59. The van der Waals surface area contributed by atoms with Gasteiger partial charge >= 0.3 is 17.9 Å².